The molecule has 0 atom stereocenters. The molecule has 2 nitrogen and oxygen atoms in total. The van der Waals surface area contributed by atoms with Gasteiger partial charge < -0.3 is 4.90 Å². The maximum Gasteiger partial charge on any atom is 0.250 e. The summed E-state index contributed by atoms with van der Waals surface area (Å²) >= 11 is 0. The molecule has 1 aromatic rings. The van der Waals surface area contributed by atoms with Crippen molar-refractivity contribution in [2.75, 3.05) is 11.4 Å². The number of nitrogens with zero attached hydrogens (tertiary/aromatic N) is 1. The van der Waals surface area contributed by atoms with Crippen LogP contribution >= 0.6 is 0 Å². The van der Waals surface area contributed by atoms with Crippen LogP contribution in [0.5, 0.6) is 0 Å². The van der Waals surface area contributed by atoms with Gasteiger partial charge in [0.05, 0.1) is 0 Å². The van der Waals surface area contributed by atoms with E-state index in [9.17, 15) is 4.79 Å². The molecule has 2 heteroatoms. The third-order valence-electron chi connectivity index (χ3n) is 2.65. The van der Waals surface area contributed by atoms with Crippen molar-refractivity contribution in [1.82, 2.24) is 0 Å². The first-order chi connectivity index (χ1) is 7.31. The van der Waals surface area contributed by atoms with Crippen molar-refractivity contribution < 1.29 is 4.79 Å². The summed E-state index contributed by atoms with van der Waals surface area (Å²) < 4.78 is 0. The largest absolute Gasteiger partial charge is 0.309 e. The fourth-order valence-electron chi connectivity index (χ4n) is 1.60. The van der Waals surface area contributed by atoms with Crippen LogP contribution in [0.3, 0.4) is 0 Å². The minimum absolute atomic E-state index is 0.00639. The fourth-order valence-corrected chi connectivity index (χ4v) is 1.60. The Kier molecular flexibility index (Phi) is 2.86. The van der Waals surface area contributed by atoms with Crippen LogP contribution in [0.2, 0.25) is 0 Å². The van der Waals surface area contributed by atoms with Gasteiger partial charge in [-0.15, -0.1) is 0 Å². The predicted octanol–water partition coefficient (Wildman–Crippen LogP) is 2.62. The Hall–Kier alpha value is -1.57. The summed E-state index contributed by atoms with van der Waals surface area (Å²) in [5, 5.41) is 0. The number of amides is 1. The first-order valence-corrected chi connectivity index (χ1v) is 5.30. The molecule has 0 heterocycles. The zero-order chi connectivity index (χ0) is 10.7. The van der Waals surface area contributed by atoms with Crippen molar-refractivity contribution >= 4 is 11.6 Å². The van der Waals surface area contributed by atoms with E-state index in [-0.39, 0.29) is 5.91 Å². The van der Waals surface area contributed by atoms with Crippen LogP contribution in [0.25, 0.3) is 0 Å². The van der Waals surface area contributed by atoms with Gasteiger partial charge in [0.2, 0.25) is 5.91 Å². The van der Waals surface area contributed by atoms with E-state index in [4.69, 9.17) is 0 Å². The van der Waals surface area contributed by atoms with E-state index in [1.807, 2.05) is 35.2 Å². The molecule has 1 aromatic carbocycles. The van der Waals surface area contributed by atoms with Crippen LogP contribution in [-0.2, 0) is 4.79 Å². The Balaban J connectivity index is 2.16. The zero-order valence-electron chi connectivity index (χ0n) is 8.73. The number of para-hydroxylation sites is 1. The molecular weight excluding hydrogens is 186 g/mol. The number of anilines is 1. The van der Waals surface area contributed by atoms with Crippen LogP contribution in [0.4, 0.5) is 5.69 Å². The Morgan fingerprint density at radius 1 is 1.40 bits per heavy atom. The van der Waals surface area contributed by atoms with Gasteiger partial charge in [0.15, 0.2) is 0 Å². The van der Waals surface area contributed by atoms with Crippen molar-refractivity contribution in [2.24, 2.45) is 5.92 Å². The molecule has 0 spiro atoms. The van der Waals surface area contributed by atoms with Gasteiger partial charge in [0.25, 0.3) is 0 Å². The second kappa shape index (κ2) is 4.30. The molecule has 1 aliphatic rings. The lowest BCUT2D eigenvalue weighted by molar-refractivity contribution is -0.114. The lowest BCUT2D eigenvalue weighted by atomic mass is 10.2. The summed E-state index contributed by atoms with van der Waals surface area (Å²) in [6, 6.07) is 9.78. The van der Waals surface area contributed by atoms with Gasteiger partial charge in [-0.05, 0) is 37.0 Å². The molecule has 0 radical (unpaired) electrons. The maximum atomic E-state index is 11.7. The number of hydrogen-bond donors (Lipinski definition) is 0. The number of hydrogen-bond acceptors (Lipinski definition) is 1. The number of carbonyl (C=O) groups is 1. The first kappa shape index (κ1) is 9.97. The van der Waals surface area contributed by atoms with Crippen molar-refractivity contribution in [3.63, 3.8) is 0 Å². The standard InChI is InChI=1S/C13H15NO/c1-2-13(15)14(10-11-8-9-11)12-6-4-3-5-7-12/h2-7,11H,1,8-10H2. The molecule has 1 amide bonds. The lowest BCUT2D eigenvalue weighted by Crippen LogP contribution is -2.31. The summed E-state index contributed by atoms with van der Waals surface area (Å²) in [6.45, 7) is 4.37. The summed E-state index contributed by atoms with van der Waals surface area (Å²) in [5.41, 5.74) is 0.967. The van der Waals surface area contributed by atoms with E-state index < -0.39 is 0 Å². The maximum absolute atomic E-state index is 11.7. The smallest absolute Gasteiger partial charge is 0.250 e. The van der Waals surface area contributed by atoms with Gasteiger partial charge in [-0.1, -0.05) is 24.8 Å². The predicted molar refractivity (Wildman–Crippen MR) is 61.7 cm³/mol. The van der Waals surface area contributed by atoms with Crippen LogP contribution in [0.15, 0.2) is 43.0 Å². The molecular formula is C13H15NO. The molecule has 0 aromatic heterocycles. The Labute approximate surface area is 90.2 Å². The van der Waals surface area contributed by atoms with Gasteiger partial charge in [-0.3, -0.25) is 4.79 Å². The quantitative estimate of drug-likeness (QED) is 0.686. The molecule has 2 rings (SSSR count). The van der Waals surface area contributed by atoms with E-state index >= 15 is 0 Å². The van der Waals surface area contributed by atoms with E-state index in [1.165, 1.54) is 18.9 Å². The van der Waals surface area contributed by atoms with Crippen molar-refractivity contribution in [3.8, 4) is 0 Å². The van der Waals surface area contributed by atoms with Crippen LogP contribution in [0, 0.1) is 5.92 Å². The highest BCUT2D eigenvalue weighted by Crippen LogP contribution is 2.31. The second-order valence-corrected chi connectivity index (χ2v) is 3.93. The summed E-state index contributed by atoms with van der Waals surface area (Å²) in [5.74, 6) is 0.683. The molecule has 0 N–H and O–H groups in total. The SMILES string of the molecule is C=CC(=O)N(CC1CC1)c1ccccc1. The molecule has 15 heavy (non-hydrogen) atoms. The molecule has 0 bridgehead atoms. The topological polar surface area (TPSA) is 20.3 Å². The van der Waals surface area contributed by atoms with Gasteiger partial charge in [-0.2, -0.15) is 0 Å². The molecule has 0 aliphatic heterocycles. The average Bonchev–Trinajstić information content (AvgIpc) is 3.10. The third-order valence-corrected chi connectivity index (χ3v) is 2.65. The monoisotopic (exact) mass is 201 g/mol. The van der Waals surface area contributed by atoms with Crippen molar-refractivity contribution in [2.45, 2.75) is 12.8 Å². The van der Waals surface area contributed by atoms with E-state index in [1.54, 1.807) is 0 Å². The van der Waals surface area contributed by atoms with E-state index in [0.717, 1.165) is 12.2 Å². The molecule has 0 saturated heterocycles. The van der Waals surface area contributed by atoms with E-state index in [0.29, 0.717) is 5.92 Å². The highest BCUT2D eigenvalue weighted by atomic mass is 16.2. The van der Waals surface area contributed by atoms with Crippen LogP contribution in [-0.4, -0.2) is 12.5 Å². The molecule has 1 aliphatic carbocycles. The van der Waals surface area contributed by atoms with Crippen molar-refractivity contribution in [1.29, 1.82) is 0 Å². The zero-order valence-corrected chi connectivity index (χ0v) is 8.73. The minimum atomic E-state index is -0.00639. The second-order valence-electron chi connectivity index (χ2n) is 3.93. The highest BCUT2D eigenvalue weighted by molar-refractivity contribution is 6.01. The molecule has 0 unspecified atom stereocenters. The summed E-state index contributed by atoms with van der Waals surface area (Å²) in [7, 11) is 0. The number of carbonyl (C=O) groups excluding carboxylic acids is 1. The normalized spacial score (nSPS) is 14.7. The van der Waals surface area contributed by atoms with Gasteiger partial charge >= 0.3 is 0 Å². The van der Waals surface area contributed by atoms with Crippen molar-refractivity contribution in [3.05, 3.63) is 43.0 Å². The summed E-state index contributed by atoms with van der Waals surface area (Å²) in [4.78, 5) is 13.5. The van der Waals surface area contributed by atoms with E-state index in [2.05, 4.69) is 6.58 Å². The summed E-state index contributed by atoms with van der Waals surface area (Å²) in [6.07, 6.45) is 3.87. The number of benzene rings is 1. The highest BCUT2D eigenvalue weighted by Gasteiger charge is 2.26. The fraction of sp³-hybridized carbons (Fsp3) is 0.308. The third kappa shape index (κ3) is 2.46. The van der Waals surface area contributed by atoms with Gasteiger partial charge in [0, 0.05) is 12.2 Å². The first-order valence-electron chi connectivity index (χ1n) is 5.30. The molecule has 78 valence electrons. The minimum Gasteiger partial charge on any atom is -0.309 e. The number of rotatable bonds is 4. The molecule has 1 fully saturated rings. The Morgan fingerprint density at radius 2 is 2.07 bits per heavy atom. The Bertz CT molecular complexity index is 354. The van der Waals surface area contributed by atoms with Crippen LogP contribution < -0.4 is 4.90 Å². The average molecular weight is 201 g/mol. The molecule has 1 saturated carbocycles. The van der Waals surface area contributed by atoms with Gasteiger partial charge in [-0.25, -0.2) is 0 Å². The van der Waals surface area contributed by atoms with Gasteiger partial charge in [0.1, 0.15) is 0 Å². The van der Waals surface area contributed by atoms with Crippen LogP contribution in [0.1, 0.15) is 12.8 Å². The Morgan fingerprint density at radius 3 is 2.60 bits per heavy atom. The lowest BCUT2D eigenvalue weighted by Gasteiger charge is -2.20.